The van der Waals surface area contributed by atoms with Crippen molar-refractivity contribution in [2.24, 2.45) is 5.92 Å². The number of pyridine rings is 1. The SMILES string of the molecule is CC(C)[C@H](NC(=O)c1cc(-n2cccn2)ccn1)C(=O)O. The summed E-state index contributed by atoms with van der Waals surface area (Å²) in [6.07, 6.45) is 4.85. The van der Waals surface area contributed by atoms with E-state index in [0.717, 1.165) is 0 Å². The Hall–Kier alpha value is -2.70. The van der Waals surface area contributed by atoms with Crippen molar-refractivity contribution in [1.29, 1.82) is 0 Å². The summed E-state index contributed by atoms with van der Waals surface area (Å²) in [5, 5.41) is 15.6. The van der Waals surface area contributed by atoms with Gasteiger partial charge < -0.3 is 10.4 Å². The second-order valence-corrected chi connectivity index (χ2v) is 4.88. The van der Waals surface area contributed by atoms with Crippen LogP contribution in [0.5, 0.6) is 0 Å². The lowest BCUT2D eigenvalue weighted by molar-refractivity contribution is -0.140. The fourth-order valence-corrected chi connectivity index (χ4v) is 1.84. The maximum Gasteiger partial charge on any atom is 0.326 e. The van der Waals surface area contributed by atoms with E-state index in [9.17, 15) is 9.59 Å². The zero-order chi connectivity index (χ0) is 15.4. The Kier molecular flexibility index (Phi) is 4.32. The average molecular weight is 288 g/mol. The van der Waals surface area contributed by atoms with Crippen molar-refractivity contribution in [3.05, 3.63) is 42.5 Å². The number of hydrogen-bond donors (Lipinski definition) is 2. The molecule has 2 N–H and O–H groups in total. The molecule has 0 unspecified atom stereocenters. The van der Waals surface area contributed by atoms with Gasteiger partial charge in [0.2, 0.25) is 0 Å². The van der Waals surface area contributed by atoms with Crippen molar-refractivity contribution in [3.8, 4) is 5.69 Å². The van der Waals surface area contributed by atoms with Crippen molar-refractivity contribution < 1.29 is 14.7 Å². The van der Waals surface area contributed by atoms with Crippen LogP contribution in [0, 0.1) is 5.92 Å². The van der Waals surface area contributed by atoms with Gasteiger partial charge in [0, 0.05) is 18.6 Å². The largest absolute Gasteiger partial charge is 0.480 e. The summed E-state index contributed by atoms with van der Waals surface area (Å²) >= 11 is 0. The maximum atomic E-state index is 12.1. The van der Waals surface area contributed by atoms with Gasteiger partial charge in [0.05, 0.1) is 5.69 Å². The molecule has 2 heterocycles. The summed E-state index contributed by atoms with van der Waals surface area (Å²) in [5.41, 5.74) is 0.825. The minimum atomic E-state index is -1.07. The predicted octanol–water partition coefficient (Wildman–Crippen LogP) is 1.11. The van der Waals surface area contributed by atoms with E-state index in [4.69, 9.17) is 5.11 Å². The zero-order valence-corrected chi connectivity index (χ0v) is 11.7. The van der Waals surface area contributed by atoms with Crippen LogP contribution in [0.1, 0.15) is 24.3 Å². The van der Waals surface area contributed by atoms with Gasteiger partial charge in [0.1, 0.15) is 11.7 Å². The van der Waals surface area contributed by atoms with Crippen LogP contribution in [-0.2, 0) is 4.79 Å². The highest BCUT2D eigenvalue weighted by atomic mass is 16.4. The molecule has 0 fully saturated rings. The van der Waals surface area contributed by atoms with Crippen LogP contribution in [0.4, 0.5) is 0 Å². The highest BCUT2D eigenvalue weighted by molar-refractivity contribution is 5.95. The number of aliphatic carboxylic acids is 1. The van der Waals surface area contributed by atoms with Crippen molar-refractivity contribution >= 4 is 11.9 Å². The standard InChI is InChI=1S/C14H16N4O3/c1-9(2)12(14(20)21)17-13(19)11-8-10(4-6-15-11)18-7-3-5-16-18/h3-9,12H,1-2H3,(H,17,19)(H,20,21)/t12-/m0/s1. The van der Waals surface area contributed by atoms with Gasteiger partial charge in [-0.2, -0.15) is 5.10 Å². The second-order valence-electron chi connectivity index (χ2n) is 4.88. The first kappa shape index (κ1) is 14.7. The van der Waals surface area contributed by atoms with Gasteiger partial charge in [-0.25, -0.2) is 9.48 Å². The third kappa shape index (κ3) is 3.44. The number of carbonyl (C=O) groups excluding carboxylic acids is 1. The molecule has 110 valence electrons. The van der Waals surface area contributed by atoms with E-state index in [0.29, 0.717) is 5.69 Å². The highest BCUT2D eigenvalue weighted by Crippen LogP contribution is 2.08. The molecule has 0 spiro atoms. The molecule has 0 radical (unpaired) electrons. The molecule has 0 aliphatic heterocycles. The van der Waals surface area contributed by atoms with Crippen LogP contribution in [0.3, 0.4) is 0 Å². The number of carboxylic acid groups (broad SMARTS) is 1. The van der Waals surface area contributed by atoms with E-state index >= 15 is 0 Å². The predicted molar refractivity (Wildman–Crippen MR) is 75.1 cm³/mol. The van der Waals surface area contributed by atoms with Gasteiger partial charge in [-0.15, -0.1) is 0 Å². The molecule has 0 saturated heterocycles. The summed E-state index contributed by atoms with van der Waals surface area (Å²) < 4.78 is 1.59. The average Bonchev–Trinajstić information content (AvgIpc) is 2.98. The molecule has 2 rings (SSSR count). The summed E-state index contributed by atoms with van der Waals surface area (Å²) in [6.45, 7) is 3.46. The van der Waals surface area contributed by atoms with Gasteiger partial charge in [0.15, 0.2) is 0 Å². The molecule has 7 heteroatoms. The van der Waals surface area contributed by atoms with Gasteiger partial charge in [-0.3, -0.25) is 9.78 Å². The van der Waals surface area contributed by atoms with Crippen LogP contribution < -0.4 is 5.32 Å². The van der Waals surface area contributed by atoms with Gasteiger partial charge in [-0.05, 0) is 24.1 Å². The van der Waals surface area contributed by atoms with Crippen molar-refractivity contribution in [3.63, 3.8) is 0 Å². The Balaban J connectivity index is 2.20. The summed E-state index contributed by atoms with van der Waals surface area (Å²) in [5.74, 6) is -1.81. The molecule has 21 heavy (non-hydrogen) atoms. The Morgan fingerprint density at radius 1 is 1.33 bits per heavy atom. The summed E-state index contributed by atoms with van der Waals surface area (Å²) in [4.78, 5) is 27.2. The molecular formula is C14H16N4O3. The van der Waals surface area contributed by atoms with E-state index in [1.807, 2.05) is 0 Å². The van der Waals surface area contributed by atoms with Gasteiger partial charge in [-0.1, -0.05) is 13.8 Å². The van der Waals surface area contributed by atoms with Gasteiger partial charge in [0.25, 0.3) is 5.91 Å². The minimum Gasteiger partial charge on any atom is -0.480 e. The maximum absolute atomic E-state index is 12.1. The van der Waals surface area contributed by atoms with Gasteiger partial charge >= 0.3 is 5.97 Å². The summed E-state index contributed by atoms with van der Waals surface area (Å²) in [6, 6.07) is 4.08. The molecule has 2 aromatic rings. The molecule has 7 nitrogen and oxygen atoms in total. The molecule has 2 aromatic heterocycles. The normalized spacial score (nSPS) is 12.1. The minimum absolute atomic E-state index is 0.148. The molecule has 0 saturated carbocycles. The highest BCUT2D eigenvalue weighted by Gasteiger charge is 2.24. The number of hydrogen-bond acceptors (Lipinski definition) is 4. The Bertz CT molecular complexity index is 637. The molecule has 0 bridgehead atoms. The Labute approximate surface area is 121 Å². The third-order valence-electron chi connectivity index (χ3n) is 2.96. The number of carbonyl (C=O) groups is 2. The molecule has 0 aliphatic carbocycles. The molecule has 1 amide bonds. The lowest BCUT2D eigenvalue weighted by Gasteiger charge is -2.17. The number of carboxylic acids is 1. The van der Waals surface area contributed by atoms with E-state index in [2.05, 4.69) is 15.4 Å². The van der Waals surface area contributed by atoms with E-state index in [1.54, 1.807) is 49.1 Å². The van der Waals surface area contributed by atoms with Crippen molar-refractivity contribution in [1.82, 2.24) is 20.1 Å². The lowest BCUT2D eigenvalue weighted by atomic mass is 10.0. The zero-order valence-electron chi connectivity index (χ0n) is 11.7. The Morgan fingerprint density at radius 2 is 2.10 bits per heavy atom. The quantitative estimate of drug-likeness (QED) is 0.859. The van der Waals surface area contributed by atoms with E-state index < -0.39 is 17.9 Å². The second kappa shape index (κ2) is 6.17. The smallest absolute Gasteiger partial charge is 0.326 e. The molecule has 0 aliphatic rings. The number of aromatic nitrogens is 3. The van der Waals surface area contributed by atoms with Crippen LogP contribution in [0.25, 0.3) is 5.69 Å². The third-order valence-corrected chi connectivity index (χ3v) is 2.96. The Morgan fingerprint density at radius 3 is 2.67 bits per heavy atom. The van der Waals surface area contributed by atoms with E-state index in [1.165, 1.54) is 6.20 Å². The lowest BCUT2D eigenvalue weighted by Crippen LogP contribution is -2.44. The first-order valence-electron chi connectivity index (χ1n) is 6.49. The number of rotatable bonds is 5. The van der Waals surface area contributed by atoms with Crippen LogP contribution in [0.2, 0.25) is 0 Å². The monoisotopic (exact) mass is 288 g/mol. The van der Waals surface area contributed by atoms with Crippen LogP contribution >= 0.6 is 0 Å². The van der Waals surface area contributed by atoms with Crippen molar-refractivity contribution in [2.75, 3.05) is 0 Å². The fourth-order valence-electron chi connectivity index (χ4n) is 1.84. The number of nitrogens with zero attached hydrogens (tertiary/aromatic N) is 3. The first-order valence-corrected chi connectivity index (χ1v) is 6.49. The molecular weight excluding hydrogens is 272 g/mol. The van der Waals surface area contributed by atoms with Crippen LogP contribution in [-0.4, -0.2) is 37.8 Å². The number of nitrogens with one attached hydrogen (secondary N) is 1. The number of amides is 1. The van der Waals surface area contributed by atoms with Crippen molar-refractivity contribution in [2.45, 2.75) is 19.9 Å². The van der Waals surface area contributed by atoms with Crippen LogP contribution in [0.15, 0.2) is 36.8 Å². The fraction of sp³-hybridized carbons (Fsp3) is 0.286. The first-order chi connectivity index (χ1) is 9.99. The molecule has 1 atom stereocenters. The topological polar surface area (TPSA) is 97.1 Å². The summed E-state index contributed by atoms with van der Waals surface area (Å²) in [7, 11) is 0. The van der Waals surface area contributed by atoms with E-state index in [-0.39, 0.29) is 11.6 Å². The molecule has 0 aromatic carbocycles.